The van der Waals surface area contributed by atoms with E-state index in [4.69, 9.17) is 16.9 Å². The third-order valence-electron chi connectivity index (χ3n) is 3.79. The van der Waals surface area contributed by atoms with Gasteiger partial charge in [-0.05, 0) is 38.0 Å². The van der Waals surface area contributed by atoms with Crippen LogP contribution in [0.4, 0.5) is 0 Å². The van der Waals surface area contributed by atoms with E-state index in [1.54, 1.807) is 26.8 Å². The fraction of sp³-hybridized carbons (Fsp3) is 0.294. The fourth-order valence-corrected chi connectivity index (χ4v) is 2.64. The number of benzene rings is 1. The lowest BCUT2D eigenvalue weighted by molar-refractivity contribution is -0.122. The van der Waals surface area contributed by atoms with Crippen molar-refractivity contribution in [3.8, 4) is 6.07 Å². The summed E-state index contributed by atoms with van der Waals surface area (Å²) in [7, 11) is 0. The summed E-state index contributed by atoms with van der Waals surface area (Å²) in [6.07, 6.45) is 0. The van der Waals surface area contributed by atoms with Gasteiger partial charge in [-0.25, -0.2) is 4.68 Å². The van der Waals surface area contributed by atoms with Gasteiger partial charge in [0.05, 0.1) is 11.7 Å². The van der Waals surface area contributed by atoms with E-state index in [2.05, 4.69) is 10.4 Å². The van der Waals surface area contributed by atoms with Crippen LogP contribution in [0.25, 0.3) is 0 Å². The van der Waals surface area contributed by atoms with E-state index in [-0.39, 0.29) is 24.1 Å². The summed E-state index contributed by atoms with van der Waals surface area (Å²) in [5, 5.41) is 16.5. The highest BCUT2D eigenvalue weighted by atomic mass is 35.5. The monoisotopic (exact) mass is 344 g/mol. The molecular weight excluding hydrogens is 328 g/mol. The highest BCUT2D eigenvalue weighted by Gasteiger charge is 2.16. The predicted molar refractivity (Wildman–Crippen MR) is 90.7 cm³/mol. The van der Waals surface area contributed by atoms with Crippen molar-refractivity contribution in [3.05, 3.63) is 62.0 Å². The van der Waals surface area contributed by atoms with Gasteiger partial charge < -0.3 is 5.32 Å². The summed E-state index contributed by atoms with van der Waals surface area (Å²) in [6, 6.07) is 8.76. The molecule has 6 nitrogen and oxygen atoms in total. The van der Waals surface area contributed by atoms with E-state index in [1.807, 2.05) is 24.3 Å². The third-order valence-corrected chi connectivity index (χ3v) is 4.14. The minimum atomic E-state index is -0.568. The Kier molecular flexibility index (Phi) is 5.37. The molecule has 0 aliphatic carbocycles. The molecule has 1 atom stereocenters. The number of carbonyl (C=O) groups is 1. The van der Waals surface area contributed by atoms with Crippen molar-refractivity contribution < 1.29 is 4.79 Å². The Morgan fingerprint density at radius 3 is 2.71 bits per heavy atom. The largest absolute Gasteiger partial charge is 0.348 e. The molecule has 0 aliphatic heterocycles. The van der Waals surface area contributed by atoms with E-state index >= 15 is 0 Å². The number of hydrogen-bond acceptors (Lipinski definition) is 4. The maximum absolute atomic E-state index is 12.2. The Hall–Kier alpha value is -2.65. The zero-order chi connectivity index (χ0) is 17.9. The molecule has 1 aromatic heterocycles. The lowest BCUT2D eigenvalue weighted by Gasteiger charge is -2.16. The van der Waals surface area contributed by atoms with Crippen LogP contribution in [0.3, 0.4) is 0 Å². The molecule has 0 saturated carbocycles. The number of aromatic nitrogens is 2. The summed E-state index contributed by atoms with van der Waals surface area (Å²) in [5.74, 6) is -0.385. The second kappa shape index (κ2) is 7.28. The first-order valence-corrected chi connectivity index (χ1v) is 7.75. The van der Waals surface area contributed by atoms with Crippen molar-refractivity contribution in [3.63, 3.8) is 0 Å². The van der Waals surface area contributed by atoms with Crippen molar-refractivity contribution in [2.75, 3.05) is 0 Å². The summed E-state index contributed by atoms with van der Waals surface area (Å²) >= 11 is 6.11. The number of hydrogen-bond donors (Lipinski definition) is 1. The fourth-order valence-electron chi connectivity index (χ4n) is 2.34. The molecule has 0 spiro atoms. The van der Waals surface area contributed by atoms with Crippen LogP contribution in [-0.2, 0) is 11.3 Å². The molecular formula is C17H17ClN4O2. The molecule has 0 unspecified atom stereocenters. The zero-order valence-corrected chi connectivity index (χ0v) is 14.4. The molecule has 1 heterocycles. The molecule has 7 heteroatoms. The number of nitrogens with one attached hydrogen (secondary N) is 1. The lowest BCUT2D eigenvalue weighted by Crippen LogP contribution is -2.36. The Morgan fingerprint density at radius 1 is 1.42 bits per heavy atom. The molecule has 124 valence electrons. The SMILES string of the molecule is Cc1nn(CC(=O)N[C@H](C)c2ccccc2Cl)c(=O)c(C#N)c1C. The topological polar surface area (TPSA) is 87.8 Å². The average Bonchev–Trinajstić information content (AvgIpc) is 2.53. The molecule has 2 rings (SSSR count). The van der Waals surface area contributed by atoms with E-state index in [1.165, 1.54) is 0 Å². The third kappa shape index (κ3) is 3.63. The number of halogens is 1. The number of carbonyl (C=O) groups excluding carboxylic acids is 1. The van der Waals surface area contributed by atoms with Crippen LogP contribution in [0.15, 0.2) is 29.1 Å². The van der Waals surface area contributed by atoms with Crippen LogP contribution >= 0.6 is 11.6 Å². The first-order valence-electron chi connectivity index (χ1n) is 7.37. The number of amides is 1. The van der Waals surface area contributed by atoms with Crippen LogP contribution < -0.4 is 10.9 Å². The highest BCUT2D eigenvalue weighted by Crippen LogP contribution is 2.21. The maximum Gasteiger partial charge on any atom is 0.285 e. The minimum Gasteiger partial charge on any atom is -0.348 e. The van der Waals surface area contributed by atoms with Crippen LogP contribution in [-0.4, -0.2) is 15.7 Å². The standard InChI is InChI=1S/C17H17ClN4O2/c1-10-11(2)21-22(17(24)14(10)8-19)9-16(23)20-12(3)13-6-4-5-7-15(13)18/h4-7,12H,9H2,1-3H3,(H,20,23)/t12-/m1/s1. The first kappa shape index (κ1) is 17.7. The molecule has 1 aromatic carbocycles. The predicted octanol–water partition coefficient (Wildman–Crippen LogP) is 2.26. The lowest BCUT2D eigenvalue weighted by atomic mass is 10.1. The quantitative estimate of drug-likeness (QED) is 0.921. The Balaban J connectivity index is 2.20. The van der Waals surface area contributed by atoms with Crippen molar-refractivity contribution in [2.24, 2.45) is 0 Å². The zero-order valence-electron chi connectivity index (χ0n) is 13.6. The van der Waals surface area contributed by atoms with Crippen LogP contribution in [0.2, 0.25) is 5.02 Å². The van der Waals surface area contributed by atoms with Gasteiger partial charge >= 0.3 is 0 Å². The van der Waals surface area contributed by atoms with Gasteiger partial charge in [0.2, 0.25) is 5.91 Å². The molecule has 1 amide bonds. The van der Waals surface area contributed by atoms with Gasteiger partial charge in [-0.15, -0.1) is 0 Å². The van der Waals surface area contributed by atoms with Crippen molar-refractivity contribution in [2.45, 2.75) is 33.4 Å². The summed E-state index contributed by atoms with van der Waals surface area (Å²) in [4.78, 5) is 24.4. The molecule has 0 radical (unpaired) electrons. The number of aryl methyl sites for hydroxylation is 1. The highest BCUT2D eigenvalue weighted by molar-refractivity contribution is 6.31. The molecule has 0 bridgehead atoms. The van der Waals surface area contributed by atoms with Crippen molar-refractivity contribution in [1.82, 2.24) is 15.1 Å². The molecule has 0 aliphatic rings. The Bertz CT molecular complexity index is 883. The minimum absolute atomic E-state index is 0.00875. The summed E-state index contributed by atoms with van der Waals surface area (Å²) in [6.45, 7) is 4.89. The van der Waals surface area contributed by atoms with Gasteiger partial charge in [-0.1, -0.05) is 29.8 Å². The maximum atomic E-state index is 12.2. The van der Waals surface area contributed by atoms with Crippen LogP contribution in [0, 0.1) is 25.2 Å². The van der Waals surface area contributed by atoms with E-state index in [9.17, 15) is 9.59 Å². The van der Waals surface area contributed by atoms with Gasteiger partial charge in [0.15, 0.2) is 0 Å². The summed E-state index contributed by atoms with van der Waals surface area (Å²) in [5.41, 5.74) is 1.29. The average molecular weight is 345 g/mol. The Morgan fingerprint density at radius 2 is 2.08 bits per heavy atom. The smallest absolute Gasteiger partial charge is 0.285 e. The summed E-state index contributed by atoms with van der Waals surface area (Å²) < 4.78 is 1.01. The van der Waals surface area contributed by atoms with E-state index < -0.39 is 5.56 Å². The number of rotatable bonds is 4. The van der Waals surface area contributed by atoms with E-state index in [0.29, 0.717) is 16.3 Å². The van der Waals surface area contributed by atoms with Gasteiger partial charge in [0.25, 0.3) is 5.56 Å². The molecule has 0 fully saturated rings. The van der Waals surface area contributed by atoms with Gasteiger partial charge in [0, 0.05) is 5.02 Å². The number of nitriles is 1. The van der Waals surface area contributed by atoms with Crippen LogP contribution in [0.5, 0.6) is 0 Å². The normalized spacial score (nSPS) is 11.6. The molecule has 2 aromatic rings. The van der Waals surface area contributed by atoms with Gasteiger partial charge in [-0.2, -0.15) is 10.4 Å². The Labute approximate surface area is 144 Å². The van der Waals surface area contributed by atoms with Crippen molar-refractivity contribution >= 4 is 17.5 Å². The number of nitrogens with zero attached hydrogens (tertiary/aromatic N) is 3. The van der Waals surface area contributed by atoms with Gasteiger partial charge in [0.1, 0.15) is 18.2 Å². The molecule has 1 N–H and O–H groups in total. The van der Waals surface area contributed by atoms with Gasteiger partial charge in [-0.3, -0.25) is 9.59 Å². The molecule has 24 heavy (non-hydrogen) atoms. The molecule has 0 saturated heterocycles. The van der Waals surface area contributed by atoms with E-state index in [0.717, 1.165) is 10.2 Å². The first-order chi connectivity index (χ1) is 11.3. The van der Waals surface area contributed by atoms with Crippen LogP contribution in [0.1, 0.15) is 35.3 Å². The second-order valence-electron chi connectivity index (χ2n) is 5.47. The van der Waals surface area contributed by atoms with Crippen molar-refractivity contribution in [1.29, 1.82) is 5.26 Å². The second-order valence-corrected chi connectivity index (χ2v) is 5.88.